The lowest BCUT2D eigenvalue weighted by Gasteiger charge is -2.26. The first kappa shape index (κ1) is 23.0. The summed E-state index contributed by atoms with van der Waals surface area (Å²) in [6.45, 7) is 1.47. The largest absolute Gasteiger partial charge is 0.408 e. The van der Waals surface area contributed by atoms with E-state index in [9.17, 15) is 40.2 Å². The molecule has 0 fully saturated rings. The number of hydrogen-bond donors (Lipinski definition) is 3. The summed E-state index contributed by atoms with van der Waals surface area (Å²) in [5.41, 5.74) is -0.0590. The summed E-state index contributed by atoms with van der Waals surface area (Å²) < 4.78 is 103. The van der Waals surface area contributed by atoms with Crippen molar-refractivity contribution in [2.24, 2.45) is 0 Å². The Morgan fingerprint density at radius 3 is 1.79 bits per heavy atom. The Labute approximate surface area is 159 Å². The Morgan fingerprint density at radius 1 is 0.966 bits per heavy atom. The van der Waals surface area contributed by atoms with Gasteiger partial charge in [-0.3, -0.25) is 0 Å². The van der Waals surface area contributed by atoms with Crippen LogP contribution >= 0.6 is 0 Å². The van der Waals surface area contributed by atoms with Crippen LogP contribution in [0, 0.1) is 0 Å². The summed E-state index contributed by atoms with van der Waals surface area (Å²) >= 11 is 0. The van der Waals surface area contributed by atoms with E-state index in [1.807, 2.05) is 10.6 Å². The highest BCUT2D eigenvalue weighted by Crippen LogP contribution is 2.36. The molecule has 29 heavy (non-hydrogen) atoms. The molecule has 0 bridgehead atoms. The number of anilines is 2. The second-order valence-corrected chi connectivity index (χ2v) is 6.52. The van der Waals surface area contributed by atoms with E-state index in [1.54, 1.807) is 0 Å². The van der Waals surface area contributed by atoms with Gasteiger partial charge in [-0.25, -0.2) is 8.78 Å². The van der Waals surface area contributed by atoms with Crippen molar-refractivity contribution < 1.29 is 40.2 Å². The molecule has 0 saturated heterocycles. The third-order valence-electron chi connectivity index (χ3n) is 4.12. The number of allylic oxidation sites excluding steroid dienone is 1. The molecule has 0 saturated carbocycles. The summed E-state index contributed by atoms with van der Waals surface area (Å²) in [7, 11) is 0. The smallest absolute Gasteiger partial charge is 0.383 e. The molecule has 0 unspecified atom stereocenters. The third kappa shape index (κ3) is 5.87. The lowest BCUT2D eigenvalue weighted by Crippen LogP contribution is -2.36. The van der Waals surface area contributed by atoms with E-state index < -0.39 is 60.6 Å². The summed E-state index contributed by atoms with van der Waals surface area (Å²) in [4.78, 5) is 10.9. The molecule has 2 rings (SSSR count). The average molecular weight is 435 g/mol. The molecule has 0 radical (unpaired) electrons. The Balaban J connectivity index is 2.42. The molecule has 164 valence electrons. The van der Waals surface area contributed by atoms with E-state index in [0.717, 1.165) is 13.8 Å². The highest BCUT2D eigenvalue weighted by atomic mass is 19.4. The van der Waals surface area contributed by atoms with Crippen LogP contribution < -0.4 is 10.6 Å². The zero-order valence-electron chi connectivity index (χ0n) is 15.0. The van der Waals surface area contributed by atoms with E-state index in [1.165, 1.54) is 0 Å². The van der Waals surface area contributed by atoms with Gasteiger partial charge in [0.05, 0.1) is 0 Å². The van der Waals surface area contributed by atoms with Gasteiger partial charge in [0.15, 0.2) is 5.82 Å². The highest BCUT2D eigenvalue weighted by molar-refractivity contribution is 5.63. The van der Waals surface area contributed by atoms with E-state index in [0.29, 0.717) is 6.08 Å². The van der Waals surface area contributed by atoms with Gasteiger partial charge >= 0.3 is 12.4 Å². The van der Waals surface area contributed by atoms with Crippen LogP contribution in [0.4, 0.5) is 47.0 Å². The summed E-state index contributed by atoms with van der Waals surface area (Å²) in [6, 6.07) is -4.30. The number of alkyl halides is 8. The second kappa shape index (κ2) is 7.88. The first-order valence-corrected chi connectivity index (χ1v) is 8.29. The van der Waals surface area contributed by atoms with Crippen LogP contribution in [-0.2, 0) is 0 Å². The molecule has 0 aromatic carbocycles. The van der Waals surface area contributed by atoms with Gasteiger partial charge < -0.3 is 15.7 Å². The van der Waals surface area contributed by atoms with Crippen molar-refractivity contribution >= 4 is 17.5 Å². The predicted octanol–water partition coefficient (Wildman–Crippen LogP) is 3.77. The number of aromatic nitrogens is 3. The number of aliphatic hydroxyl groups excluding tert-OH is 1. The van der Waals surface area contributed by atoms with Crippen molar-refractivity contribution in [2.45, 2.75) is 63.2 Å². The molecule has 3 N–H and O–H groups in total. The number of halogens is 8. The van der Waals surface area contributed by atoms with Gasteiger partial charge in [-0.15, -0.1) is 0 Å². The van der Waals surface area contributed by atoms with Crippen LogP contribution in [0.3, 0.4) is 0 Å². The van der Waals surface area contributed by atoms with Crippen molar-refractivity contribution in [3.63, 3.8) is 0 Å². The quantitative estimate of drug-likeness (QED) is 0.611. The molecule has 1 aliphatic rings. The third-order valence-corrected chi connectivity index (χ3v) is 4.12. The summed E-state index contributed by atoms with van der Waals surface area (Å²) in [5, 5.41) is 13.3. The Kier molecular flexibility index (Phi) is 6.26. The van der Waals surface area contributed by atoms with Gasteiger partial charge in [-0.2, -0.15) is 41.3 Å². The van der Waals surface area contributed by atoms with Crippen molar-refractivity contribution in [2.75, 3.05) is 10.6 Å². The Morgan fingerprint density at radius 2 is 1.41 bits per heavy atom. The van der Waals surface area contributed by atoms with Crippen molar-refractivity contribution in [3.8, 4) is 0 Å². The van der Waals surface area contributed by atoms with Crippen LogP contribution in [0.5, 0.6) is 0 Å². The van der Waals surface area contributed by atoms with Gasteiger partial charge in [0, 0.05) is 6.42 Å². The molecule has 0 amide bonds. The van der Waals surface area contributed by atoms with E-state index in [2.05, 4.69) is 15.0 Å². The number of nitrogens with one attached hydrogen (secondary N) is 2. The lowest BCUT2D eigenvalue weighted by atomic mass is 9.93. The monoisotopic (exact) mass is 435 g/mol. The Bertz CT molecular complexity index is 724. The second-order valence-electron chi connectivity index (χ2n) is 6.52. The number of nitrogens with zero attached hydrogens (tertiary/aromatic N) is 3. The number of rotatable bonds is 5. The predicted molar refractivity (Wildman–Crippen MR) is 86.3 cm³/mol. The minimum Gasteiger partial charge on any atom is -0.383 e. The maximum absolute atomic E-state index is 13.4. The van der Waals surface area contributed by atoms with Crippen molar-refractivity contribution in [3.05, 3.63) is 11.9 Å². The van der Waals surface area contributed by atoms with Gasteiger partial charge in [-0.05, 0) is 31.9 Å². The fourth-order valence-corrected chi connectivity index (χ4v) is 2.23. The molecule has 1 aromatic heterocycles. The maximum Gasteiger partial charge on any atom is 0.408 e. The van der Waals surface area contributed by atoms with Crippen LogP contribution in [0.1, 0.15) is 32.5 Å². The molecular weight excluding hydrogens is 418 g/mol. The molecule has 14 heteroatoms. The average Bonchev–Trinajstić information content (AvgIpc) is 2.55. The van der Waals surface area contributed by atoms with Crippen LogP contribution in [-0.4, -0.2) is 56.5 Å². The molecule has 1 aliphatic carbocycles. The molecule has 1 heterocycles. The molecule has 0 aliphatic heterocycles. The van der Waals surface area contributed by atoms with E-state index in [4.69, 9.17) is 0 Å². The maximum atomic E-state index is 13.4. The number of aliphatic hydroxyl groups is 1. The SMILES string of the molecule is C[C@@H](Nc1nc(N[C@H](C)C(F)(F)F)nc(C2=C[C@H](O)C(F)(F)CC2)n1)C(F)(F)F. The molecule has 1 aromatic rings. The highest BCUT2D eigenvalue weighted by Gasteiger charge is 2.41. The summed E-state index contributed by atoms with van der Waals surface area (Å²) in [6.07, 6.45) is -12.0. The fraction of sp³-hybridized carbons (Fsp3) is 0.667. The van der Waals surface area contributed by atoms with Crippen molar-refractivity contribution in [1.29, 1.82) is 0 Å². The van der Waals surface area contributed by atoms with E-state index in [-0.39, 0.29) is 12.0 Å². The topological polar surface area (TPSA) is 83.0 Å². The van der Waals surface area contributed by atoms with Crippen molar-refractivity contribution in [1.82, 2.24) is 15.0 Å². The van der Waals surface area contributed by atoms with Gasteiger partial charge in [0.2, 0.25) is 11.9 Å². The molecule has 0 spiro atoms. The number of hydrogen-bond acceptors (Lipinski definition) is 6. The standard InChI is InChI=1S/C15H17F8N5O/c1-6(14(18,19)20)24-11-26-10(8-3-4-13(16,17)9(29)5-8)27-12(28-11)25-7(2)15(21,22)23/h5-7,9,29H,3-4H2,1-2H3,(H2,24,25,26,27,28)/t6-,7-,9+/m1/s1. The molecule has 6 nitrogen and oxygen atoms in total. The first-order chi connectivity index (χ1) is 13.1. The zero-order valence-corrected chi connectivity index (χ0v) is 15.0. The molecular formula is C15H17F8N5O. The van der Waals surface area contributed by atoms with Gasteiger partial charge in [0.25, 0.3) is 5.92 Å². The van der Waals surface area contributed by atoms with Crippen LogP contribution in [0.2, 0.25) is 0 Å². The van der Waals surface area contributed by atoms with Gasteiger partial charge in [-0.1, -0.05) is 0 Å². The normalized spacial score (nSPS) is 21.9. The lowest BCUT2D eigenvalue weighted by molar-refractivity contribution is -0.139. The minimum absolute atomic E-state index is 0.0590. The molecule has 3 atom stereocenters. The fourth-order valence-electron chi connectivity index (χ4n) is 2.23. The van der Waals surface area contributed by atoms with Gasteiger partial charge in [0.1, 0.15) is 18.2 Å². The minimum atomic E-state index is -4.71. The first-order valence-electron chi connectivity index (χ1n) is 8.29. The Hall–Kier alpha value is -2.25. The van der Waals surface area contributed by atoms with Crippen LogP contribution in [0.15, 0.2) is 6.08 Å². The summed E-state index contributed by atoms with van der Waals surface area (Å²) in [5.74, 6) is -5.26. The zero-order chi connectivity index (χ0) is 22.2. The van der Waals surface area contributed by atoms with Crippen LogP contribution in [0.25, 0.3) is 5.57 Å². The van der Waals surface area contributed by atoms with E-state index >= 15 is 0 Å².